The van der Waals surface area contributed by atoms with Crippen LogP contribution in [0.3, 0.4) is 0 Å². The summed E-state index contributed by atoms with van der Waals surface area (Å²) in [5.41, 5.74) is 0. The molecule has 1 aliphatic carbocycles. The molecule has 6 heteroatoms. The molecule has 0 spiro atoms. The van der Waals surface area contributed by atoms with E-state index in [1.165, 1.54) is 50.5 Å². The van der Waals surface area contributed by atoms with Crippen LogP contribution in [0.25, 0.3) is 0 Å². The molecule has 0 saturated heterocycles. The van der Waals surface area contributed by atoms with Crippen molar-refractivity contribution in [1.82, 2.24) is 4.90 Å². The van der Waals surface area contributed by atoms with Crippen LogP contribution in [0.4, 0.5) is 0 Å². The SMILES string of the molecule is CN(CCC1CCCCC1)C(=O)CCCOc1ccc(S(C)(=O)=O)cc1. The van der Waals surface area contributed by atoms with Gasteiger partial charge in [0.1, 0.15) is 5.75 Å². The first-order valence-corrected chi connectivity index (χ1v) is 11.4. The lowest BCUT2D eigenvalue weighted by Crippen LogP contribution is -2.29. The summed E-state index contributed by atoms with van der Waals surface area (Å²) in [6.07, 6.45) is 10.1. The van der Waals surface area contributed by atoms with E-state index in [-0.39, 0.29) is 10.8 Å². The van der Waals surface area contributed by atoms with E-state index in [4.69, 9.17) is 4.74 Å². The molecule has 1 aromatic rings. The highest BCUT2D eigenvalue weighted by atomic mass is 32.2. The summed E-state index contributed by atoms with van der Waals surface area (Å²) in [5.74, 6) is 1.57. The second-order valence-electron chi connectivity index (χ2n) is 7.30. The van der Waals surface area contributed by atoms with Crippen LogP contribution in [-0.2, 0) is 14.6 Å². The molecule has 0 aliphatic heterocycles. The quantitative estimate of drug-likeness (QED) is 0.612. The third-order valence-corrected chi connectivity index (χ3v) is 6.21. The topological polar surface area (TPSA) is 63.7 Å². The maximum atomic E-state index is 12.2. The third kappa shape index (κ3) is 6.98. The zero-order valence-electron chi connectivity index (χ0n) is 15.9. The molecule has 0 radical (unpaired) electrons. The highest BCUT2D eigenvalue weighted by molar-refractivity contribution is 7.90. The maximum absolute atomic E-state index is 12.2. The van der Waals surface area contributed by atoms with Gasteiger partial charge in [0.25, 0.3) is 0 Å². The maximum Gasteiger partial charge on any atom is 0.222 e. The molecule has 1 aromatic carbocycles. The molecule has 0 heterocycles. The minimum absolute atomic E-state index is 0.164. The Balaban J connectivity index is 1.63. The van der Waals surface area contributed by atoms with Crippen LogP contribution in [0.5, 0.6) is 5.75 Å². The average molecular weight is 382 g/mol. The molecule has 2 rings (SSSR count). The van der Waals surface area contributed by atoms with Crippen LogP contribution in [0.2, 0.25) is 0 Å². The number of amides is 1. The van der Waals surface area contributed by atoms with Gasteiger partial charge in [-0.25, -0.2) is 8.42 Å². The summed E-state index contributed by atoms with van der Waals surface area (Å²) in [5, 5.41) is 0. The first kappa shape index (κ1) is 20.7. The van der Waals surface area contributed by atoms with Crippen molar-refractivity contribution < 1.29 is 17.9 Å². The first-order valence-electron chi connectivity index (χ1n) is 9.53. The van der Waals surface area contributed by atoms with Gasteiger partial charge in [-0.1, -0.05) is 32.1 Å². The van der Waals surface area contributed by atoms with Gasteiger partial charge >= 0.3 is 0 Å². The largest absolute Gasteiger partial charge is 0.494 e. The number of benzene rings is 1. The predicted octanol–water partition coefficient (Wildman–Crippen LogP) is 3.68. The molecule has 1 fully saturated rings. The van der Waals surface area contributed by atoms with Gasteiger partial charge in [-0.05, 0) is 43.0 Å². The molecular weight excluding hydrogens is 350 g/mol. The second kappa shape index (κ2) is 9.95. The minimum atomic E-state index is -3.19. The zero-order chi connectivity index (χ0) is 19.0. The van der Waals surface area contributed by atoms with Crippen molar-refractivity contribution >= 4 is 15.7 Å². The lowest BCUT2D eigenvalue weighted by Gasteiger charge is -2.24. The Kier molecular flexibility index (Phi) is 7.94. The molecule has 1 saturated carbocycles. The molecular formula is C20H31NO4S. The Bertz CT molecular complexity index is 664. The summed E-state index contributed by atoms with van der Waals surface area (Å²) in [7, 11) is -1.30. The van der Waals surface area contributed by atoms with Crippen molar-refractivity contribution in [2.24, 2.45) is 5.92 Å². The fourth-order valence-corrected chi connectivity index (χ4v) is 3.99. The molecule has 0 atom stereocenters. The Morgan fingerprint density at radius 2 is 1.81 bits per heavy atom. The van der Waals surface area contributed by atoms with Gasteiger partial charge in [0.15, 0.2) is 9.84 Å². The highest BCUT2D eigenvalue weighted by Crippen LogP contribution is 2.26. The van der Waals surface area contributed by atoms with Crippen molar-refractivity contribution in [2.75, 3.05) is 26.5 Å². The summed E-state index contributed by atoms with van der Waals surface area (Å²) in [4.78, 5) is 14.3. The first-order chi connectivity index (χ1) is 12.4. The molecule has 26 heavy (non-hydrogen) atoms. The lowest BCUT2D eigenvalue weighted by atomic mass is 9.87. The van der Waals surface area contributed by atoms with Gasteiger partial charge in [0.2, 0.25) is 5.91 Å². The van der Waals surface area contributed by atoms with E-state index in [1.54, 1.807) is 12.1 Å². The predicted molar refractivity (Wildman–Crippen MR) is 103 cm³/mol. The number of ether oxygens (including phenoxy) is 1. The lowest BCUT2D eigenvalue weighted by molar-refractivity contribution is -0.130. The van der Waals surface area contributed by atoms with E-state index < -0.39 is 9.84 Å². The van der Waals surface area contributed by atoms with Crippen molar-refractivity contribution in [2.45, 2.75) is 56.3 Å². The van der Waals surface area contributed by atoms with Gasteiger partial charge in [0, 0.05) is 26.3 Å². The molecule has 5 nitrogen and oxygen atoms in total. The Hall–Kier alpha value is -1.56. The van der Waals surface area contributed by atoms with Crippen LogP contribution in [-0.4, -0.2) is 45.7 Å². The van der Waals surface area contributed by atoms with E-state index in [2.05, 4.69) is 0 Å². The number of hydrogen-bond donors (Lipinski definition) is 0. The summed E-state index contributed by atoms with van der Waals surface area (Å²) in [6.45, 7) is 1.29. The Morgan fingerprint density at radius 3 is 2.42 bits per heavy atom. The van der Waals surface area contributed by atoms with Crippen LogP contribution in [0, 0.1) is 5.92 Å². The van der Waals surface area contributed by atoms with Crippen molar-refractivity contribution in [3.05, 3.63) is 24.3 Å². The van der Waals surface area contributed by atoms with Gasteiger partial charge in [-0.15, -0.1) is 0 Å². The molecule has 0 N–H and O–H groups in total. The molecule has 1 amide bonds. The van der Waals surface area contributed by atoms with E-state index in [0.29, 0.717) is 25.2 Å². The summed E-state index contributed by atoms with van der Waals surface area (Å²) >= 11 is 0. The Morgan fingerprint density at radius 1 is 1.15 bits per heavy atom. The van der Waals surface area contributed by atoms with E-state index in [1.807, 2.05) is 11.9 Å². The molecule has 0 aromatic heterocycles. The number of sulfone groups is 1. The zero-order valence-corrected chi connectivity index (χ0v) is 16.8. The van der Waals surface area contributed by atoms with Crippen molar-refractivity contribution in [3.8, 4) is 5.75 Å². The highest BCUT2D eigenvalue weighted by Gasteiger charge is 2.15. The number of carbonyl (C=O) groups is 1. The fraction of sp³-hybridized carbons (Fsp3) is 0.650. The van der Waals surface area contributed by atoms with Crippen LogP contribution < -0.4 is 4.74 Å². The monoisotopic (exact) mass is 381 g/mol. The van der Waals surface area contributed by atoms with Gasteiger partial charge in [-0.2, -0.15) is 0 Å². The smallest absolute Gasteiger partial charge is 0.222 e. The minimum Gasteiger partial charge on any atom is -0.494 e. The molecule has 0 unspecified atom stereocenters. The summed E-state index contributed by atoms with van der Waals surface area (Å²) < 4.78 is 28.4. The standard InChI is InChI=1S/C20H31NO4S/c1-21(15-14-17-7-4-3-5-8-17)20(22)9-6-16-25-18-10-12-19(13-11-18)26(2,23)24/h10-13,17H,3-9,14-16H2,1-2H3. The average Bonchev–Trinajstić information content (AvgIpc) is 2.63. The van der Waals surface area contributed by atoms with E-state index in [0.717, 1.165) is 18.9 Å². The van der Waals surface area contributed by atoms with E-state index >= 15 is 0 Å². The molecule has 0 bridgehead atoms. The normalized spacial score (nSPS) is 15.6. The van der Waals surface area contributed by atoms with Crippen molar-refractivity contribution in [1.29, 1.82) is 0 Å². The number of hydrogen-bond acceptors (Lipinski definition) is 4. The van der Waals surface area contributed by atoms with Crippen LogP contribution in [0.1, 0.15) is 51.4 Å². The molecule has 1 aliphatic rings. The number of nitrogens with zero attached hydrogens (tertiary/aromatic N) is 1. The number of carbonyl (C=O) groups excluding carboxylic acids is 1. The van der Waals surface area contributed by atoms with Gasteiger partial charge < -0.3 is 9.64 Å². The van der Waals surface area contributed by atoms with Crippen LogP contribution in [0.15, 0.2) is 29.2 Å². The Labute approximate surface area is 157 Å². The van der Waals surface area contributed by atoms with E-state index in [9.17, 15) is 13.2 Å². The third-order valence-electron chi connectivity index (χ3n) is 5.08. The number of rotatable bonds is 9. The van der Waals surface area contributed by atoms with Crippen LogP contribution >= 0.6 is 0 Å². The summed E-state index contributed by atoms with van der Waals surface area (Å²) in [6, 6.07) is 6.37. The molecule has 146 valence electrons. The second-order valence-corrected chi connectivity index (χ2v) is 9.32. The van der Waals surface area contributed by atoms with Gasteiger partial charge in [-0.3, -0.25) is 4.79 Å². The van der Waals surface area contributed by atoms with Crippen molar-refractivity contribution in [3.63, 3.8) is 0 Å². The fourth-order valence-electron chi connectivity index (χ4n) is 3.36. The van der Waals surface area contributed by atoms with Gasteiger partial charge in [0.05, 0.1) is 11.5 Å².